The van der Waals surface area contributed by atoms with Crippen molar-refractivity contribution in [3.8, 4) is 28.3 Å². The first-order chi connectivity index (χ1) is 11.1. The van der Waals surface area contributed by atoms with Gasteiger partial charge in [0, 0.05) is 5.56 Å². The molecule has 0 bridgehead atoms. The van der Waals surface area contributed by atoms with Crippen molar-refractivity contribution in [2.24, 2.45) is 0 Å². The van der Waals surface area contributed by atoms with Gasteiger partial charge in [0.25, 0.3) is 0 Å². The molecule has 0 aliphatic carbocycles. The molecule has 0 atom stereocenters. The third-order valence-corrected chi connectivity index (χ3v) is 3.66. The number of anilines is 1. The summed E-state index contributed by atoms with van der Waals surface area (Å²) in [5.41, 5.74) is 7.72. The molecule has 0 saturated carbocycles. The molecule has 3 rings (SSSR count). The zero-order chi connectivity index (χ0) is 16.4. The summed E-state index contributed by atoms with van der Waals surface area (Å²) in [4.78, 5) is 8.31. The van der Waals surface area contributed by atoms with Crippen molar-refractivity contribution in [3.05, 3.63) is 59.4 Å². The van der Waals surface area contributed by atoms with Gasteiger partial charge in [-0.15, -0.1) is 0 Å². The molecule has 0 saturated heterocycles. The van der Waals surface area contributed by atoms with E-state index in [1.165, 1.54) is 12.1 Å². The Kier molecular flexibility index (Phi) is 4.12. The summed E-state index contributed by atoms with van der Waals surface area (Å²) in [5.74, 6) is 0.317. The first kappa shape index (κ1) is 15.2. The standard InChI is InChI=1S/C17H13ClFN3O/c1-23-11-7-5-10(6-8-11)14-9-15(22-17(20)21-14)16-12(18)3-2-4-13(16)19/h2-9H,1H3,(H2,20,21,22). The van der Waals surface area contributed by atoms with Crippen LogP contribution in [0.25, 0.3) is 22.5 Å². The molecule has 0 fully saturated rings. The van der Waals surface area contributed by atoms with E-state index in [4.69, 9.17) is 22.1 Å². The van der Waals surface area contributed by atoms with Crippen LogP contribution in [0.3, 0.4) is 0 Å². The van der Waals surface area contributed by atoms with Crippen LogP contribution in [0.4, 0.5) is 10.3 Å². The van der Waals surface area contributed by atoms with Crippen LogP contribution in [0.15, 0.2) is 48.5 Å². The van der Waals surface area contributed by atoms with Crippen LogP contribution in [0.1, 0.15) is 0 Å². The lowest BCUT2D eigenvalue weighted by Gasteiger charge is -2.09. The minimum Gasteiger partial charge on any atom is -0.497 e. The van der Waals surface area contributed by atoms with Gasteiger partial charge in [-0.25, -0.2) is 14.4 Å². The molecule has 3 aromatic rings. The van der Waals surface area contributed by atoms with Gasteiger partial charge in [0.2, 0.25) is 5.95 Å². The van der Waals surface area contributed by atoms with Crippen molar-refractivity contribution >= 4 is 17.5 Å². The molecule has 116 valence electrons. The molecule has 2 aromatic carbocycles. The van der Waals surface area contributed by atoms with Crippen molar-refractivity contribution in [1.82, 2.24) is 9.97 Å². The molecule has 0 amide bonds. The van der Waals surface area contributed by atoms with Crippen LogP contribution < -0.4 is 10.5 Å². The Morgan fingerprint density at radius 3 is 2.39 bits per heavy atom. The second-order valence-electron chi connectivity index (χ2n) is 4.82. The smallest absolute Gasteiger partial charge is 0.221 e. The maximum Gasteiger partial charge on any atom is 0.221 e. The SMILES string of the molecule is COc1ccc(-c2cc(-c3c(F)cccc3Cl)nc(N)n2)cc1. The Labute approximate surface area is 137 Å². The number of hydrogen-bond donors (Lipinski definition) is 1. The number of methoxy groups -OCH3 is 1. The fourth-order valence-electron chi connectivity index (χ4n) is 2.25. The minimum atomic E-state index is -0.462. The Morgan fingerprint density at radius 2 is 1.74 bits per heavy atom. The Bertz CT molecular complexity index is 833. The highest BCUT2D eigenvalue weighted by Gasteiger charge is 2.14. The number of nitrogens with two attached hydrogens (primary N) is 1. The third kappa shape index (κ3) is 3.10. The number of rotatable bonds is 3. The molecule has 6 heteroatoms. The average molecular weight is 330 g/mol. The lowest BCUT2D eigenvalue weighted by Crippen LogP contribution is -2.00. The monoisotopic (exact) mass is 329 g/mol. The van der Waals surface area contributed by atoms with Gasteiger partial charge in [-0.1, -0.05) is 17.7 Å². The summed E-state index contributed by atoms with van der Waals surface area (Å²) in [6, 6.07) is 13.4. The first-order valence-electron chi connectivity index (χ1n) is 6.82. The van der Waals surface area contributed by atoms with Crippen LogP contribution in [0.2, 0.25) is 5.02 Å². The Hall–Kier alpha value is -2.66. The Morgan fingerprint density at radius 1 is 1.04 bits per heavy atom. The lowest BCUT2D eigenvalue weighted by atomic mass is 10.1. The van der Waals surface area contributed by atoms with Gasteiger partial charge in [0.05, 0.1) is 29.1 Å². The van der Waals surface area contributed by atoms with E-state index in [0.29, 0.717) is 11.4 Å². The molecular formula is C17H13ClFN3O. The van der Waals surface area contributed by atoms with Crippen LogP contribution in [0.5, 0.6) is 5.75 Å². The second-order valence-corrected chi connectivity index (χ2v) is 5.23. The number of ether oxygens (including phenoxy) is 1. The molecule has 0 unspecified atom stereocenters. The third-order valence-electron chi connectivity index (χ3n) is 3.35. The molecule has 0 aliphatic heterocycles. The summed E-state index contributed by atoms with van der Waals surface area (Å²) in [6.45, 7) is 0. The number of hydrogen-bond acceptors (Lipinski definition) is 4. The maximum atomic E-state index is 14.1. The zero-order valence-corrected chi connectivity index (χ0v) is 13.0. The Balaban J connectivity index is 2.12. The highest BCUT2D eigenvalue weighted by Crippen LogP contribution is 2.32. The van der Waals surface area contributed by atoms with Crippen LogP contribution >= 0.6 is 11.6 Å². The predicted molar refractivity (Wildman–Crippen MR) is 88.8 cm³/mol. The molecule has 1 heterocycles. The predicted octanol–water partition coefficient (Wildman–Crippen LogP) is 4.19. The van der Waals surface area contributed by atoms with E-state index < -0.39 is 5.82 Å². The lowest BCUT2D eigenvalue weighted by molar-refractivity contribution is 0.415. The summed E-state index contributed by atoms with van der Waals surface area (Å²) < 4.78 is 19.2. The molecule has 0 aliphatic rings. The minimum absolute atomic E-state index is 0.0487. The fourth-order valence-corrected chi connectivity index (χ4v) is 2.51. The largest absolute Gasteiger partial charge is 0.497 e. The van der Waals surface area contributed by atoms with E-state index in [1.54, 1.807) is 19.2 Å². The van der Waals surface area contributed by atoms with Crippen molar-refractivity contribution in [2.45, 2.75) is 0 Å². The van der Waals surface area contributed by atoms with Crippen LogP contribution in [0, 0.1) is 5.82 Å². The average Bonchev–Trinajstić information content (AvgIpc) is 2.54. The first-order valence-corrected chi connectivity index (χ1v) is 7.19. The van der Waals surface area contributed by atoms with Gasteiger partial charge in [0.1, 0.15) is 11.6 Å². The molecule has 0 spiro atoms. The fraction of sp³-hybridized carbons (Fsp3) is 0.0588. The van der Waals surface area contributed by atoms with Gasteiger partial charge in [-0.2, -0.15) is 0 Å². The summed E-state index contributed by atoms with van der Waals surface area (Å²) >= 11 is 6.10. The van der Waals surface area contributed by atoms with Crippen LogP contribution in [-0.4, -0.2) is 17.1 Å². The topological polar surface area (TPSA) is 61.0 Å². The maximum absolute atomic E-state index is 14.1. The molecular weight excluding hydrogens is 317 g/mol. The van der Waals surface area contributed by atoms with E-state index >= 15 is 0 Å². The number of nitrogens with zero attached hydrogens (tertiary/aromatic N) is 2. The number of benzene rings is 2. The zero-order valence-electron chi connectivity index (χ0n) is 12.3. The molecule has 23 heavy (non-hydrogen) atoms. The van der Waals surface area contributed by atoms with Crippen molar-refractivity contribution in [3.63, 3.8) is 0 Å². The van der Waals surface area contributed by atoms with Crippen molar-refractivity contribution in [1.29, 1.82) is 0 Å². The summed E-state index contributed by atoms with van der Waals surface area (Å²) in [7, 11) is 1.59. The van der Waals surface area contributed by atoms with Gasteiger partial charge >= 0.3 is 0 Å². The van der Waals surface area contributed by atoms with E-state index in [9.17, 15) is 4.39 Å². The summed E-state index contributed by atoms with van der Waals surface area (Å²) in [5, 5.41) is 0.267. The van der Waals surface area contributed by atoms with Gasteiger partial charge < -0.3 is 10.5 Å². The highest BCUT2D eigenvalue weighted by molar-refractivity contribution is 6.33. The van der Waals surface area contributed by atoms with E-state index in [1.807, 2.05) is 24.3 Å². The van der Waals surface area contributed by atoms with E-state index in [-0.39, 0.29) is 16.5 Å². The summed E-state index contributed by atoms with van der Waals surface area (Å²) in [6.07, 6.45) is 0. The van der Waals surface area contributed by atoms with Crippen molar-refractivity contribution < 1.29 is 9.13 Å². The number of halogens is 2. The number of aromatic nitrogens is 2. The van der Waals surface area contributed by atoms with E-state index in [2.05, 4.69) is 9.97 Å². The van der Waals surface area contributed by atoms with Gasteiger partial charge in [-0.3, -0.25) is 0 Å². The normalized spacial score (nSPS) is 10.6. The highest BCUT2D eigenvalue weighted by atomic mass is 35.5. The molecule has 0 radical (unpaired) electrons. The molecule has 2 N–H and O–H groups in total. The van der Waals surface area contributed by atoms with Gasteiger partial charge in [0.15, 0.2) is 0 Å². The quantitative estimate of drug-likeness (QED) is 0.782. The second kappa shape index (κ2) is 6.22. The van der Waals surface area contributed by atoms with Crippen molar-refractivity contribution in [2.75, 3.05) is 12.8 Å². The molecule has 1 aromatic heterocycles. The molecule has 4 nitrogen and oxygen atoms in total. The van der Waals surface area contributed by atoms with E-state index in [0.717, 1.165) is 11.3 Å². The van der Waals surface area contributed by atoms with Gasteiger partial charge in [-0.05, 0) is 42.5 Å². The van der Waals surface area contributed by atoms with Crippen LogP contribution in [-0.2, 0) is 0 Å². The number of nitrogen functional groups attached to an aromatic ring is 1.